The van der Waals surface area contributed by atoms with E-state index in [2.05, 4.69) is 18.8 Å². The predicted molar refractivity (Wildman–Crippen MR) is 85.6 cm³/mol. The van der Waals surface area contributed by atoms with Crippen LogP contribution in [0.5, 0.6) is 0 Å². The maximum atomic E-state index is 12.7. The molecule has 1 N–H and O–H groups in total. The molecule has 1 aliphatic carbocycles. The maximum Gasteiger partial charge on any atom is 0.243 e. The number of nitrogens with zero attached hydrogens (tertiary/aromatic N) is 1. The van der Waals surface area contributed by atoms with Crippen molar-refractivity contribution in [2.75, 3.05) is 13.1 Å². The fraction of sp³-hybridized carbons (Fsp3) is 0.500. The van der Waals surface area contributed by atoms with E-state index in [0.29, 0.717) is 18.0 Å². The zero-order valence-electron chi connectivity index (χ0n) is 12.6. The second-order valence-electron chi connectivity index (χ2n) is 5.42. The summed E-state index contributed by atoms with van der Waals surface area (Å²) in [6.07, 6.45) is 4.62. The summed E-state index contributed by atoms with van der Waals surface area (Å²) in [4.78, 5) is 0.382. The molecule has 1 saturated carbocycles. The lowest BCUT2D eigenvalue weighted by atomic mass is 10.2. The quantitative estimate of drug-likeness (QED) is 0.563. The molecule has 2 rings (SSSR count). The fourth-order valence-electron chi connectivity index (χ4n) is 2.29. The molecule has 0 aliphatic heterocycles. The average Bonchev–Trinajstić information content (AvgIpc) is 3.30. The van der Waals surface area contributed by atoms with Crippen LogP contribution in [0.2, 0.25) is 0 Å². The first-order valence-electron chi connectivity index (χ1n) is 7.52. The van der Waals surface area contributed by atoms with E-state index >= 15 is 0 Å². The van der Waals surface area contributed by atoms with Gasteiger partial charge in [-0.2, -0.15) is 4.31 Å². The Labute approximate surface area is 127 Å². The first kappa shape index (κ1) is 16.2. The SMILES string of the molecule is C=CCN(C1CC1)S(=O)(=O)c1cccc(CNCCC)c1. The second kappa shape index (κ2) is 7.20. The van der Waals surface area contributed by atoms with Gasteiger partial charge in [-0.3, -0.25) is 0 Å². The van der Waals surface area contributed by atoms with E-state index in [0.717, 1.165) is 31.4 Å². The summed E-state index contributed by atoms with van der Waals surface area (Å²) in [6.45, 7) is 7.79. The third-order valence-electron chi connectivity index (χ3n) is 3.52. The number of nitrogens with one attached hydrogen (secondary N) is 1. The lowest BCUT2D eigenvalue weighted by Crippen LogP contribution is -2.33. The molecule has 116 valence electrons. The van der Waals surface area contributed by atoms with Crippen LogP contribution in [0, 0.1) is 0 Å². The van der Waals surface area contributed by atoms with Crippen LogP contribution < -0.4 is 5.32 Å². The molecular weight excluding hydrogens is 284 g/mol. The molecule has 5 heteroatoms. The van der Waals surface area contributed by atoms with Crippen molar-refractivity contribution in [1.29, 1.82) is 0 Å². The fourth-order valence-corrected chi connectivity index (χ4v) is 4.02. The zero-order chi connectivity index (χ0) is 15.3. The molecule has 0 bridgehead atoms. The summed E-state index contributed by atoms with van der Waals surface area (Å²) < 4.78 is 27.1. The smallest absolute Gasteiger partial charge is 0.243 e. The Morgan fingerprint density at radius 3 is 2.81 bits per heavy atom. The zero-order valence-corrected chi connectivity index (χ0v) is 13.4. The number of hydrogen-bond acceptors (Lipinski definition) is 3. The summed E-state index contributed by atoms with van der Waals surface area (Å²) in [5.74, 6) is 0. The average molecular weight is 308 g/mol. The van der Waals surface area contributed by atoms with Crippen LogP contribution in [0.1, 0.15) is 31.7 Å². The van der Waals surface area contributed by atoms with E-state index in [1.54, 1.807) is 22.5 Å². The van der Waals surface area contributed by atoms with Crippen molar-refractivity contribution >= 4 is 10.0 Å². The number of rotatable bonds is 9. The van der Waals surface area contributed by atoms with Gasteiger partial charge in [0.25, 0.3) is 0 Å². The lowest BCUT2D eigenvalue weighted by Gasteiger charge is -2.20. The molecule has 0 heterocycles. The van der Waals surface area contributed by atoms with E-state index in [4.69, 9.17) is 0 Å². The molecule has 0 aromatic heterocycles. The summed E-state index contributed by atoms with van der Waals surface area (Å²) >= 11 is 0. The van der Waals surface area contributed by atoms with Crippen molar-refractivity contribution in [3.63, 3.8) is 0 Å². The van der Waals surface area contributed by atoms with Gasteiger partial charge in [0, 0.05) is 19.1 Å². The van der Waals surface area contributed by atoms with E-state index in [1.165, 1.54) is 0 Å². The van der Waals surface area contributed by atoms with Gasteiger partial charge >= 0.3 is 0 Å². The maximum absolute atomic E-state index is 12.7. The summed E-state index contributed by atoms with van der Waals surface area (Å²) in [5.41, 5.74) is 0.999. The van der Waals surface area contributed by atoms with Gasteiger partial charge in [0.1, 0.15) is 0 Å². The lowest BCUT2D eigenvalue weighted by molar-refractivity contribution is 0.436. The van der Waals surface area contributed by atoms with Gasteiger partial charge in [0.15, 0.2) is 0 Å². The molecule has 0 spiro atoms. The van der Waals surface area contributed by atoms with Gasteiger partial charge in [-0.25, -0.2) is 8.42 Å². The van der Waals surface area contributed by atoms with Crippen LogP contribution in [0.25, 0.3) is 0 Å². The molecule has 0 saturated heterocycles. The van der Waals surface area contributed by atoms with Crippen molar-refractivity contribution < 1.29 is 8.42 Å². The number of hydrogen-bond donors (Lipinski definition) is 1. The minimum atomic E-state index is -3.42. The highest BCUT2D eigenvalue weighted by Crippen LogP contribution is 2.32. The predicted octanol–water partition coefficient (Wildman–Crippen LogP) is 2.53. The molecule has 1 aromatic carbocycles. The molecule has 0 amide bonds. The van der Waals surface area contributed by atoms with E-state index < -0.39 is 10.0 Å². The molecule has 0 unspecified atom stereocenters. The van der Waals surface area contributed by atoms with Crippen LogP contribution in [0.4, 0.5) is 0 Å². The Morgan fingerprint density at radius 1 is 1.43 bits per heavy atom. The third kappa shape index (κ3) is 4.15. The van der Waals surface area contributed by atoms with E-state index in [1.807, 2.05) is 12.1 Å². The van der Waals surface area contributed by atoms with Crippen molar-refractivity contribution in [3.05, 3.63) is 42.5 Å². The van der Waals surface area contributed by atoms with Crippen LogP contribution >= 0.6 is 0 Å². The minimum absolute atomic E-state index is 0.148. The van der Waals surface area contributed by atoms with Crippen molar-refractivity contribution in [2.24, 2.45) is 0 Å². The van der Waals surface area contributed by atoms with Gasteiger partial charge < -0.3 is 5.32 Å². The molecule has 1 aromatic rings. The number of sulfonamides is 1. The Kier molecular flexibility index (Phi) is 5.56. The van der Waals surface area contributed by atoms with Crippen LogP contribution in [0.15, 0.2) is 41.8 Å². The monoisotopic (exact) mass is 308 g/mol. The molecule has 0 radical (unpaired) electrons. The second-order valence-corrected chi connectivity index (χ2v) is 7.31. The first-order valence-corrected chi connectivity index (χ1v) is 8.96. The van der Waals surface area contributed by atoms with Crippen molar-refractivity contribution in [2.45, 2.75) is 43.7 Å². The highest BCUT2D eigenvalue weighted by Gasteiger charge is 2.37. The van der Waals surface area contributed by atoms with Gasteiger partial charge in [-0.1, -0.05) is 25.1 Å². The molecule has 21 heavy (non-hydrogen) atoms. The molecule has 4 nitrogen and oxygen atoms in total. The third-order valence-corrected chi connectivity index (χ3v) is 5.44. The summed E-state index contributed by atoms with van der Waals surface area (Å²) in [5, 5.41) is 3.29. The van der Waals surface area contributed by atoms with E-state index in [-0.39, 0.29) is 6.04 Å². The Bertz CT molecular complexity index is 580. The molecular formula is C16H24N2O2S. The van der Waals surface area contributed by atoms with Gasteiger partial charge in [0.05, 0.1) is 4.90 Å². The minimum Gasteiger partial charge on any atom is -0.313 e. The first-order chi connectivity index (χ1) is 10.1. The Morgan fingerprint density at radius 2 is 2.19 bits per heavy atom. The van der Waals surface area contributed by atoms with Crippen molar-refractivity contribution in [1.82, 2.24) is 9.62 Å². The van der Waals surface area contributed by atoms with Gasteiger partial charge in [0.2, 0.25) is 10.0 Å². The van der Waals surface area contributed by atoms with Gasteiger partial charge in [-0.05, 0) is 43.5 Å². The largest absolute Gasteiger partial charge is 0.313 e. The van der Waals surface area contributed by atoms with Crippen LogP contribution in [0.3, 0.4) is 0 Å². The molecule has 0 atom stereocenters. The highest BCUT2D eigenvalue weighted by molar-refractivity contribution is 7.89. The normalized spacial score (nSPS) is 15.3. The number of benzene rings is 1. The molecule has 1 fully saturated rings. The topological polar surface area (TPSA) is 49.4 Å². The van der Waals surface area contributed by atoms with Gasteiger partial charge in [-0.15, -0.1) is 6.58 Å². The summed E-state index contributed by atoms with van der Waals surface area (Å²) in [6, 6.07) is 7.37. The van der Waals surface area contributed by atoms with Crippen LogP contribution in [-0.4, -0.2) is 31.9 Å². The standard InChI is InChI=1S/C16H24N2O2S/c1-3-10-17-13-14-6-5-7-16(12-14)21(19,20)18(11-4-2)15-8-9-15/h4-7,12,15,17H,2-3,8-11,13H2,1H3. The molecule has 1 aliphatic rings. The van der Waals surface area contributed by atoms with Crippen molar-refractivity contribution in [3.8, 4) is 0 Å². The highest BCUT2D eigenvalue weighted by atomic mass is 32.2. The van der Waals surface area contributed by atoms with Crippen LogP contribution in [-0.2, 0) is 16.6 Å². The Balaban J connectivity index is 2.18. The summed E-state index contributed by atoms with van der Waals surface area (Å²) in [7, 11) is -3.42. The Hall–Kier alpha value is -1.17. The van der Waals surface area contributed by atoms with E-state index in [9.17, 15) is 8.42 Å².